The van der Waals surface area contributed by atoms with Gasteiger partial charge in [0.2, 0.25) is 5.91 Å². The number of benzene rings is 1. The van der Waals surface area contributed by atoms with Gasteiger partial charge in [0.1, 0.15) is 15.7 Å². The minimum absolute atomic E-state index is 0.170. The molecule has 4 rings (SSSR count). The number of nitrogens with one attached hydrogen (secondary N) is 2. The molecule has 1 atom stereocenters. The number of rotatable bonds is 7. The second-order valence-electron chi connectivity index (χ2n) is 8.59. The number of carbonyl (C=O) groups excluding carboxylic acids is 1. The molecule has 6 nitrogen and oxygen atoms in total. The summed E-state index contributed by atoms with van der Waals surface area (Å²) in [6.45, 7) is 4.78. The van der Waals surface area contributed by atoms with Crippen LogP contribution in [-0.2, 0) is 21.1 Å². The predicted octanol–water partition coefficient (Wildman–Crippen LogP) is 3.29. The van der Waals surface area contributed by atoms with Gasteiger partial charge < -0.3 is 5.32 Å². The molecular formula is C21H30N4O2S. The number of hydrogen-bond donors (Lipinski definition) is 2. The van der Waals surface area contributed by atoms with Crippen LogP contribution in [0.15, 0.2) is 29.3 Å². The van der Waals surface area contributed by atoms with Crippen LogP contribution in [0.25, 0.3) is 0 Å². The van der Waals surface area contributed by atoms with E-state index >= 15 is 0 Å². The van der Waals surface area contributed by atoms with E-state index in [0.717, 1.165) is 24.9 Å². The van der Waals surface area contributed by atoms with Crippen LogP contribution in [0.5, 0.6) is 0 Å². The summed E-state index contributed by atoms with van der Waals surface area (Å²) in [4.78, 5) is 17.1. The molecule has 1 heterocycles. The Morgan fingerprint density at radius 2 is 1.93 bits per heavy atom. The number of hydrogen-bond acceptors (Lipinski definition) is 4. The highest BCUT2D eigenvalue weighted by atomic mass is 32.2. The summed E-state index contributed by atoms with van der Waals surface area (Å²) in [5.74, 6) is 0.104. The molecule has 1 unspecified atom stereocenters. The van der Waals surface area contributed by atoms with E-state index in [0.29, 0.717) is 24.4 Å². The van der Waals surface area contributed by atoms with Gasteiger partial charge in [-0.25, -0.2) is 13.3 Å². The highest BCUT2D eigenvalue weighted by molar-refractivity contribution is 7.90. The molecule has 0 saturated heterocycles. The van der Waals surface area contributed by atoms with Crippen molar-refractivity contribution in [3.8, 4) is 0 Å². The Labute approximate surface area is 167 Å². The van der Waals surface area contributed by atoms with Gasteiger partial charge in [-0.1, -0.05) is 32.0 Å². The molecule has 0 bridgehead atoms. The summed E-state index contributed by atoms with van der Waals surface area (Å²) < 4.78 is 22.0. The molecule has 3 aliphatic rings. The van der Waals surface area contributed by atoms with Crippen LogP contribution in [0.4, 0.5) is 5.69 Å². The third-order valence-electron chi connectivity index (χ3n) is 6.63. The van der Waals surface area contributed by atoms with Gasteiger partial charge in [-0.2, -0.15) is 0 Å². The van der Waals surface area contributed by atoms with Gasteiger partial charge in [-0.05, 0) is 48.6 Å². The van der Waals surface area contributed by atoms with E-state index in [4.69, 9.17) is 9.77 Å². The van der Waals surface area contributed by atoms with E-state index in [9.17, 15) is 9.00 Å². The zero-order chi connectivity index (χ0) is 19.9. The molecule has 1 amide bonds. The number of aliphatic imine (C=N–C) groups is 1. The summed E-state index contributed by atoms with van der Waals surface area (Å²) >= 11 is 0. The minimum Gasteiger partial charge on any atom is -0.352 e. The third kappa shape index (κ3) is 3.62. The van der Waals surface area contributed by atoms with Crippen molar-refractivity contribution >= 4 is 27.2 Å². The molecule has 1 aromatic rings. The Balaban J connectivity index is 1.23. The van der Waals surface area contributed by atoms with E-state index < -0.39 is 9.92 Å². The van der Waals surface area contributed by atoms with Crippen molar-refractivity contribution in [2.24, 2.45) is 16.3 Å². The lowest BCUT2D eigenvalue weighted by Gasteiger charge is -2.58. The van der Waals surface area contributed by atoms with Crippen molar-refractivity contribution in [3.63, 3.8) is 0 Å². The normalized spacial score (nSPS) is 30.2. The third-order valence-corrected chi connectivity index (χ3v) is 8.63. The average molecular weight is 403 g/mol. The molecule has 0 radical (unpaired) electrons. The molecule has 2 N–H and O–H groups in total. The van der Waals surface area contributed by atoms with Crippen molar-refractivity contribution < 1.29 is 9.00 Å². The number of fused-ring (bicyclic) bond motifs is 1. The lowest BCUT2D eigenvalue weighted by Crippen LogP contribution is -2.58. The van der Waals surface area contributed by atoms with Gasteiger partial charge in [-0.15, -0.1) is 0 Å². The molecule has 0 aromatic heterocycles. The van der Waals surface area contributed by atoms with Crippen LogP contribution < -0.4 is 5.32 Å². The Kier molecular flexibility index (Phi) is 5.08. The number of carbonyl (C=O) groups is 1. The highest BCUT2D eigenvalue weighted by Crippen LogP contribution is 2.59. The van der Waals surface area contributed by atoms with Gasteiger partial charge in [-0.3, -0.25) is 9.79 Å². The summed E-state index contributed by atoms with van der Waals surface area (Å²) in [6.07, 6.45) is 5.32. The molecule has 2 saturated carbocycles. The topological polar surface area (TPSA) is 85.6 Å². The molecule has 1 aromatic carbocycles. The Morgan fingerprint density at radius 1 is 1.25 bits per heavy atom. The maximum Gasteiger partial charge on any atom is 0.235 e. The lowest BCUT2D eigenvalue weighted by molar-refractivity contribution is -0.122. The van der Waals surface area contributed by atoms with Crippen molar-refractivity contribution in [2.75, 3.05) is 18.8 Å². The van der Waals surface area contributed by atoms with Crippen molar-refractivity contribution in [3.05, 3.63) is 29.8 Å². The first-order valence-corrected chi connectivity index (χ1v) is 12.0. The van der Waals surface area contributed by atoms with Crippen LogP contribution in [0, 0.1) is 16.1 Å². The average Bonchev–Trinajstić information content (AvgIpc) is 2.99. The zero-order valence-electron chi connectivity index (χ0n) is 16.7. The maximum atomic E-state index is 12.4. The minimum atomic E-state index is -3.01. The van der Waals surface area contributed by atoms with Crippen LogP contribution in [0.2, 0.25) is 0 Å². The molecule has 7 heteroatoms. The van der Waals surface area contributed by atoms with E-state index in [1.165, 1.54) is 24.1 Å². The molecular weight excluding hydrogens is 372 g/mol. The van der Waals surface area contributed by atoms with E-state index in [1.54, 1.807) is 4.31 Å². The molecule has 1 spiro atoms. The fourth-order valence-electron chi connectivity index (χ4n) is 5.22. The number of nitrogens with zero attached hydrogens (tertiary/aromatic N) is 2. The van der Waals surface area contributed by atoms with Crippen LogP contribution in [0.1, 0.15) is 45.1 Å². The van der Waals surface area contributed by atoms with Gasteiger partial charge in [0, 0.05) is 31.3 Å². The first-order valence-electron chi connectivity index (χ1n) is 10.3. The van der Waals surface area contributed by atoms with Crippen molar-refractivity contribution in [1.82, 2.24) is 9.62 Å². The van der Waals surface area contributed by atoms with E-state index in [1.807, 2.05) is 19.9 Å². The SMILES string of the molecule is CCN(CC)S(=N)(=O)CC(=O)NC1CC2(C1)CC(C1=Nc3ccccc3C1)C2. The van der Waals surface area contributed by atoms with E-state index in [-0.39, 0.29) is 17.7 Å². The lowest BCUT2D eigenvalue weighted by atomic mass is 9.49. The second-order valence-corrected chi connectivity index (χ2v) is 10.7. The fraction of sp³-hybridized carbons (Fsp3) is 0.619. The van der Waals surface area contributed by atoms with Crippen LogP contribution in [0.3, 0.4) is 0 Å². The number of para-hydroxylation sites is 1. The van der Waals surface area contributed by atoms with E-state index in [2.05, 4.69) is 23.5 Å². The largest absolute Gasteiger partial charge is 0.352 e. The molecule has 1 aliphatic heterocycles. The second kappa shape index (κ2) is 7.26. The Morgan fingerprint density at radius 3 is 2.57 bits per heavy atom. The van der Waals surface area contributed by atoms with Gasteiger partial charge >= 0.3 is 0 Å². The highest BCUT2D eigenvalue weighted by Gasteiger charge is 2.54. The van der Waals surface area contributed by atoms with Crippen molar-refractivity contribution in [2.45, 2.75) is 52.0 Å². The summed E-state index contributed by atoms with van der Waals surface area (Å²) in [5, 5.41) is 3.00. The van der Waals surface area contributed by atoms with Crippen molar-refractivity contribution in [1.29, 1.82) is 4.78 Å². The molecule has 2 fully saturated rings. The summed E-state index contributed by atoms with van der Waals surface area (Å²) in [6, 6.07) is 8.55. The van der Waals surface area contributed by atoms with Gasteiger partial charge in [0.05, 0.1) is 5.69 Å². The monoisotopic (exact) mass is 402 g/mol. The summed E-state index contributed by atoms with van der Waals surface area (Å²) in [5.41, 5.74) is 4.16. The summed E-state index contributed by atoms with van der Waals surface area (Å²) in [7, 11) is -3.01. The predicted molar refractivity (Wildman–Crippen MR) is 112 cm³/mol. The fourth-order valence-corrected chi connectivity index (χ4v) is 6.67. The van der Waals surface area contributed by atoms with Crippen LogP contribution in [-0.4, -0.2) is 45.0 Å². The maximum absolute atomic E-state index is 12.4. The first kappa shape index (κ1) is 19.6. The standard InChI is InChI=1S/C21H30N4O2S/c1-3-25(4-2)28(22,27)14-20(26)23-17-12-21(13-17)10-16(11-21)19-9-15-7-5-6-8-18(15)24-19/h5-8,16-17,22H,3-4,9-14H2,1-2H3,(H,23,26). The van der Waals surface area contributed by atoms with Crippen LogP contribution >= 0.6 is 0 Å². The van der Waals surface area contributed by atoms with Gasteiger partial charge in [0.25, 0.3) is 0 Å². The number of amides is 1. The Bertz CT molecular complexity index is 891. The zero-order valence-corrected chi connectivity index (χ0v) is 17.6. The molecule has 28 heavy (non-hydrogen) atoms. The quantitative estimate of drug-likeness (QED) is 0.733. The smallest absolute Gasteiger partial charge is 0.235 e. The Hall–Kier alpha value is -1.73. The molecule has 2 aliphatic carbocycles. The van der Waals surface area contributed by atoms with Gasteiger partial charge in [0.15, 0.2) is 0 Å². The first-order chi connectivity index (χ1) is 13.3. The molecule has 152 valence electrons.